The summed E-state index contributed by atoms with van der Waals surface area (Å²) in [7, 11) is -5.80. The highest BCUT2D eigenvalue weighted by atomic mass is 127. The third-order valence-electron chi connectivity index (χ3n) is 14.0. The first kappa shape index (κ1) is 61.8. The molecule has 2 atom stereocenters. The van der Waals surface area contributed by atoms with Crippen molar-refractivity contribution >= 4 is 103 Å². The Bertz CT molecular complexity index is 3420. The number of likely N-dealkylation sites (tertiary alicyclic amines) is 2. The second-order valence-corrected chi connectivity index (χ2v) is 25.5. The lowest BCUT2D eigenvalue weighted by atomic mass is 9.80. The summed E-state index contributed by atoms with van der Waals surface area (Å²) in [6.07, 6.45) is 1.37. The Morgan fingerprint density at radius 3 is 1.40 bits per heavy atom. The van der Waals surface area contributed by atoms with Crippen molar-refractivity contribution in [3.05, 3.63) is 105 Å². The molecule has 0 saturated carbocycles. The molecule has 23 heteroatoms. The molecule has 2 N–H and O–H groups in total. The molecule has 78 heavy (non-hydrogen) atoms. The zero-order valence-electron chi connectivity index (χ0n) is 44.5. The van der Waals surface area contributed by atoms with Crippen molar-refractivity contribution in [3.8, 4) is 22.5 Å². The fourth-order valence-electron chi connectivity index (χ4n) is 10.2. The highest BCUT2D eigenvalue weighted by Gasteiger charge is 2.48. The predicted octanol–water partition coefficient (Wildman–Crippen LogP) is 13.9. The van der Waals surface area contributed by atoms with Gasteiger partial charge in [-0.2, -0.15) is 21.6 Å². The molecule has 0 bridgehead atoms. The summed E-state index contributed by atoms with van der Waals surface area (Å²) < 4.78 is 102. The maximum Gasteiger partial charge on any atom is 0.516 e. The zero-order valence-corrected chi connectivity index (χ0v) is 49.2. The zero-order chi connectivity index (χ0) is 57.1. The fourth-order valence-corrected chi connectivity index (χ4v) is 10.9. The van der Waals surface area contributed by atoms with E-state index in [0.717, 1.165) is 15.8 Å². The molecule has 2 fully saturated rings. The highest BCUT2D eigenvalue weighted by Crippen LogP contribution is 2.41. The van der Waals surface area contributed by atoms with Crippen molar-refractivity contribution < 1.29 is 63.5 Å². The Morgan fingerprint density at radius 2 is 1.06 bits per heavy atom. The van der Waals surface area contributed by atoms with E-state index in [1.165, 1.54) is 30.3 Å². The summed E-state index contributed by atoms with van der Waals surface area (Å²) in [5.74, 6) is -4.13. The van der Waals surface area contributed by atoms with Gasteiger partial charge in [-0.05, 0) is 112 Å². The van der Waals surface area contributed by atoms with Crippen LogP contribution in [0.3, 0.4) is 0 Å². The van der Waals surface area contributed by atoms with E-state index in [1.54, 1.807) is 47.9 Å². The molecule has 0 aliphatic carbocycles. The summed E-state index contributed by atoms with van der Waals surface area (Å²) in [6.45, 7) is 20.0. The molecule has 3 amide bonds. The summed E-state index contributed by atoms with van der Waals surface area (Å²) >= 11 is 11.7. The van der Waals surface area contributed by atoms with Gasteiger partial charge in [0.05, 0.1) is 21.4 Å². The van der Waals surface area contributed by atoms with Gasteiger partial charge in [0.25, 0.3) is 11.8 Å². The van der Waals surface area contributed by atoms with Gasteiger partial charge in [-0.1, -0.05) is 76.9 Å². The number of amides is 3. The minimum Gasteiger partial charge on any atom is -0.481 e. The number of hydrogen-bond donors (Lipinski definition) is 2. The van der Waals surface area contributed by atoms with E-state index in [4.69, 9.17) is 37.1 Å². The molecule has 6 heterocycles. The first-order chi connectivity index (χ1) is 35.5. The van der Waals surface area contributed by atoms with Crippen molar-refractivity contribution in [1.29, 1.82) is 0 Å². The lowest BCUT2D eigenvalue weighted by Gasteiger charge is -2.45. The number of carboxylic acid groups (broad SMARTS) is 1. The first-order valence-electron chi connectivity index (χ1n) is 24.7. The third-order valence-corrected chi connectivity index (χ3v) is 15.7. The molecule has 4 aromatic heterocycles. The number of nitrogens with zero attached hydrogens (tertiary/aromatic N) is 4. The van der Waals surface area contributed by atoms with E-state index in [0.29, 0.717) is 64.1 Å². The van der Waals surface area contributed by atoms with Crippen LogP contribution in [0.25, 0.3) is 44.7 Å². The second kappa shape index (κ2) is 22.6. The molecular weight excluding hydrogens is 1200 g/mol. The number of aliphatic carboxylic acids is 1. The SMILES string of the molecule is CC(C)(C)c1cc(-c2ccc(Cl)c(F)c2)nc2cc(C(=O)N3CCC(CC(=O)NS(=O)(=O)C(F)(F)F)CC3(C)C)oc12.CC(C)(C)c1cc(-c2ccc(Cl)c(F)c2)nc2cc(C(=O)N3CCC(CC(=O)O)CC3(C)C)oc12.I. The van der Waals surface area contributed by atoms with E-state index in [9.17, 15) is 49.5 Å². The molecule has 2 aliphatic heterocycles. The molecule has 422 valence electrons. The molecule has 8 rings (SSSR count). The lowest BCUT2D eigenvalue weighted by molar-refractivity contribution is -0.138. The van der Waals surface area contributed by atoms with E-state index in [-0.39, 0.29) is 88.6 Å². The molecule has 0 spiro atoms. The van der Waals surface area contributed by atoms with Gasteiger partial charge in [-0.25, -0.2) is 23.5 Å². The van der Waals surface area contributed by atoms with E-state index in [2.05, 4.69) is 9.97 Å². The average Bonchev–Trinajstić information content (AvgIpc) is 3.94. The summed E-state index contributed by atoms with van der Waals surface area (Å²) in [4.78, 5) is 63.1. The Labute approximate surface area is 475 Å². The number of hydrogen-bond acceptors (Lipinski definition) is 10. The number of pyridine rings is 2. The number of furan rings is 2. The van der Waals surface area contributed by atoms with Crippen LogP contribution >= 0.6 is 47.2 Å². The summed E-state index contributed by atoms with van der Waals surface area (Å²) in [5.41, 5.74) is -2.17. The number of carboxylic acids is 1. The van der Waals surface area contributed by atoms with E-state index < -0.39 is 73.8 Å². The minimum atomic E-state index is -5.80. The molecule has 14 nitrogen and oxygen atoms in total. The maximum atomic E-state index is 14.2. The van der Waals surface area contributed by atoms with Gasteiger partial charge in [-0.3, -0.25) is 19.2 Å². The lowest BCUT2D eigenvalue weighted by Crippen LogP contribution is -2.53. The monoisotopic (exact) mass is 1260 g/mol. The first-order valence-corrected chi connectivity index (χ1v) is 27.0. The van der Waals surface area contributed by atoms with Crippen LogP contribution in [0.5, 0.6) is 0 Å². The normalized spacial score (nSPS) is 17.8. The number of sulfonamides is 1. The standard InChI is InChI=1S/C28H30ClF4N3O5S.C27H30ClFN2O4.HI/c1-26(2,3)17-12-20(16-6-7-18(29)19(30)11-16)34-21-13-22(41-24(17)21)25(38)36-9-8-15(14-27(36,4)5)10-23(37)35-42(39,40)28(31,32)33;1-26(2,3)17-12-20(16-6-7-18(28)19(29)11-16)30-21-13-22(35-24(17)21)25(34)31-9-8-15(10-23(32)33)14-27(31,4)5;/h6-7,11-13,15H,8-10,14H2,1-5H3,(H,35,37);6-7,11-13,15H,8-10,14H2,1-5H3,(H,32,33);1H. The number of rotatable bonds is 9. The highest BCUT2D eigenvalue weighted by molar-refractivity contribution is 14.0. The number of alkyl halides is 3. The van der Waals surface area contributed by atoms with Gasteiger partial charge >= 0.3 is 21.5 Å². The van der Waals surface area contributed by atoms with Gasteiger partial charge < -0.3 is 23.7 Å². The van der Waals surface area contributed by atoms with Gasteiger partial charge in [-0.15, -0.1) is 24.0 Å². The summed E-state index contributed by atoms with van der Waals surface area (Å²) in [6, 6.07) is 15.7. The fraction of sp³-hybridized carbons (Fsp3) is 0.455. The van der Waals surface area contributed by atoms with E-state index >= 15 is 0 Å². The van der Waals surface area contributed by atoms with Crippen LogP contribution in [-0.4, -0.2) is 86.7 Å². The molecule has 6 aromatic rings. The molecular formula is C55H61Cl2F5IN5O9S. The molecule has 2 aliphatic rings. The van der Waals surface area contributed by atoms with Crippen LogP contribution < -0.4 is 4.72 Å². The summed E-state index contributed by atoms with van der Waals surface area (Å²) in [5, 5.41) is 9.18. The van der Waals surface area contributed by atoms with Crippen molar-refractivity contribution in [2.45, 2.75) is 135 Å². The van der Waals surface area contributed by atoms with Crippen LogP contribution in [0.2, 0.25) is 10.0 Å². The third kappa shape index (κ3) is 13.6. The van der Waals surface area contributed by atoms with Gasteiger partial charge in [0.15, 0.2) is 22.7 Å². The topological polar surface area (TPSA) is 193 Å². The number of fused-ring (bicyclic) bond motifs is 2. The number of benzene rings is 2. The predicted molar refractivity (Wildman–Crippen MR) is 297 cm³/mol. The molecule has 0 radical (unpaired) electrons. The molecule has 2 unspecified atom stereocenters. The number of carbonyl (C=O) groups is 4. The van der Waals surface area contributed by atoms with Crippen LogP contribution in [0.1, 0.15) is 140 Å². The van der Waals surface area contributed by atoms with Crippen molar-refractivity contribution in [2.75, 3.05) is 13.1 Å². The smallest absolute Gasteiger partial charge is 0.481 e. The maximum absolute atomic E-state index is 14.2. The molecule has 2 aromatic carbocycles. The van der Waals surface area contributed by atoms with Crippen LogP contribution in [-0.2, 0) is 30.4 Å². The Morgan fingerprint density at radius 1 is 0.679 bits per heavy atom. The number of halogens is 8. The van der Waals surface area contributed by atoms with Crippen molar-refractivity contribution in [1.82, 2.24) is 24.5 Å². The minimum absolute atomic E-state index is 0. The van der Waals surface area contributed by atoms with Crippen molar-refractivity contribution in [3.63, 3.8) is 0 Å². The number of nitrogens with one attached hydrogen (secondary N) is 1. The van der Waals surface area contributed by atoms with Gasteiger partial charge in [0.1, 0.15) is 22.7 Å². The molecule has 2 saturated heterocycles. The Kier molecular flexibility index (Phi) is 17.9. The van der Waals surface area contributed by atoms with E-state index in [1.807, 2.05) is 61.5 Å². The largest absolute Gasteiger partial charge is 0.516 e. The van der Waals surface area contributed by atoms with Crippen molar-refractivity contribution in [2.24, 2.45) is 11.8 Å². The van der Waals surface area contributed by atoms with Gasteiger partial charge in [0.2, 0.25) is 5.91 Å². The quantitative estimate of drug-likeness (QED) is 0.103. The van der Waals surface area contributed by atoms with Gasteiger partial charge in [0, 0.05) is 71.4 Å². The Hall–Kier alpha value is -5.39. The van der Waals surface area contributed by atoms with Crippen LogP contribution in [0, 0.1) is 23.5 Å². The van der Waals surface area contributed by atoms with Crippen LogP contribution in [0.4, 0.5) is 22.0 Å². The second-order valence-electron chi connectivity index (χ2n) is 23.1. The number of aromatic nitrogens is 2. The Balaban J connectivity index is 0.000000253. The average molecular weight is 1260 g/mol. The van der Waals surface area contributed by atoms with Crippen LogP contribution in [0.15, 0.2) is 69.5 Å². The number of carbonyl (C=O) groups excluding carboxylic acids is 3. The number of piperidine rings is 2.